The van der Waals surface area contributed by atoms with Crippen molar-refractivity contribution in [2.24, 2.45) is 11.7 Å². The Morgan fingerprint density at radius 3 is 2.53 bits per heavy atom. The molecule has 0 aromatic carbocycles. The number of carbonyl (C=O) groups excluding carboxylic acids is 1. The van der Waals surface area contributed by atoms with Crippen LogP contribution in [0, 0.1) is 5.92 Å². The molecular weight excluding hydrogens is 192 g/mol. The average molecular weight is 208 g/mol. The van der Waals surface area contributed by atoms with Gasteiger partial charge in [-0.25, -0.2) is 9.97 Å². The van der Waals surface area contributed by atoms with E-state index in [2.05, 4.69) is 29.1 Å². The number of amides is 1. The summed E-state index contributed by atoms with van der Waals surface area (Å²) in [6.07, 6.45) is 3.90. The zero-order valence-corrected chi connectivity index (χ0v) is 9.03. The molecule has 0 fully saturated rings. The molecule has 82 valence electrons. The molecular formula is C10H16N4O. The van der Waals surface area contributed by atoms with E-state index in [0.29, 0.717) is 17.4 Å². The van der Waals surface area contributed by atoms with E-state index in [-0.39, 0.29) is 0 Å². The number of hydrogen-bond donors (Lipinski definition) is 2. The quantitative estimate of drug-likeness (QED) is 0.757. The molecule has 1 amide bonds. The third-order valence-corrected chi connectivity index (χ3v) is 1.94. The number of carbonyl (C=O) groups is 1. The predicted molar refractivity (Wildman–Crippen MR) is 58.5 cm³/mol. The Kier molecular flexibility index (Phi) is 4.03. The van der Waals surface area contributed by atoms with Crippen LogP contribution in [0.1, 0.15) is 30.6 Å². The third-order valence-electron chi connectivity index (χ3n) is 1.94. The van der Waals surface area contributed by atoms with Gasteiger partial charge >= 0.3 is 0 Å². The van der Waals surface area contributed by atoms with Crippen molar-refractivity contribution in [2.45, 2.75) is 20.3 Å². The van der Waals surface area contributed by atoms with Crippen LogP contribution in [0.4, 0.5) is 5.95 Å². The van der Waals surface area contributed by atoms with Crippen LogP contribution in [0.5, 0.6) is 0 Å². The number of nitrogens with two attached hydrogens (primary N) is 1. The van der Waals surface area contributed by atoms with Crippen molar-refractivity contribution in [2.75, 3.05) is 11.9 Å². The van der Waals surface area contributed by atoms with Crippen LogP contribution in [0.15, 0.2) is 12.4 Å². The van der Waals surface area contributed by atoms with Gasteiger partial charge in [0.05, 0.1) is 5.56 Å². The third kappa shape index (κ3) is 3.93. The summed E-state index contributed by atoms with van der Waals surface area (Å²) in [5, 5.41) is 3.07. The second-order valence-electron chi connectivity index (χ2n) is 3.77. The number of aromatic nitrogens is 2. The van der Waals surface area contributed by atoms with Crippen LogP contribution in [0.2, 0.25) is 0 Å². The van der Waals surface area contributed by atoms with Crippen molar-refractivity contribution < 1.29 is 4.79 Å². The van der Waals surface area contributed by atoms with E-state index in [1.165, 1.54) is 12.4 Å². The molecule has 0 bridgehead atoms. The highest BCUT2D eigenvalue weighted by atomic mass is 16.1. The van der Waals surface area contributed by atoms with Gasteiger partial charge in [0.25, 0.3) is 5.91 Å². The van der Waals surface area contributed by atoms with E-state index in [4.69, 9.17) is 5.73 Å². The highest BCUT2D eigenvalue weighted by Crippen LogP contribution is 2.02. The molecule has 0 saturated carbocycles. The van der Waals surface area contributed by atoms with Gasteiger partial charge in [0, 0.05) is 18.9 Å². The lowest BCUT2D eigenvalue weighted by atomic mass is 10.1. The lowest BCUT2D eigenvalue weighted by Gasteiger charge is -2.06. The van der Waals surface area contributed by atoms with Crippen molar-refractivity contribution in [1.82, 2.24) is 9.97 Å². The standard InChI is InChI=1S/C10H16N4O/c1-7(2)3-4-12-10-13-5-8(6-14-10)9(11)15/h5-7H,3-4H2,1-2H3,(H2,11,15)(H,12,13,14). The topological polar surface area (TPSA) is 80.9 Å². The van der Waals surface area contributed by atoms with E-state index < -0.39 is 5.91 Å². The van der Waals surface area contributed by atoms with Crippen LogP contribution in [0.3, 0.4) is 0 Å². The zero-order chi connectivity index (χ0) is 11.3. The lowest BCUT2D eigenvalue weighted by molar-refractivity contribution is 0.0999. The molecule has 0 atom stereocenters. The van der Waals surface area contributed by atoms with Crippen LogP contribution in [0.25, 0.3) is 0 Å². The minimum absolute atomic E-state index is 0.324. The predicted octanol–water partition coefficient (Wildman–Crippen LogP) is 1.03. The average Bonchev–Trinajstić information content (AvgIpc) is 2.18. The van der Waals surface area contributed by atoms with Crippen molar-refractivity contribution >= 4 is 11.9 Å². The van der Waals surface area contributed by atoms with Crippen molar-refractivity contribution in [3.05, 3.63) is 18.0 Å². The Morgan fingerprint density at radius 2 is 2.07 bits per heavy atom. The molecule has 15 heavy (non-hydrogen) atoms. The van der Waals surface area contributed by atoms with E-state index >= 15 is 0 Å². The van der Waals surface area contributed by atoms with Crippen LogP contribution < -0.4 is 11.1 Å². The summed E-state index contributed by atoms with van der Waals surface area (Å²) >= 11 is 0. The summed E-state index contributed by atoms with van der Waals surface area (Å²) in [7, 11) is 0. The Labute approximate surface area is 89.1 Å². The highest BCUT2D eigenvalue weighted by molar-refractivity contribution is 5.92. The van der Waals surface area contributed by atoms with Gasteiger partial charge in [-0.3, -0.25) is 4.79 Å². The first-order valence-electron chi connectivity index (χ1n) is 4.95. The molecule has 3 N–H and O–H groups in total. The Morgan fingerprint density at radius 1 is 1.47 bits per heavy atom. The van der Waals surface area contributed by atoms with Gasteiger partial charge in [-0.15, -0.1) is 0 Å². The van der Waals surface area contributed by atoms with Gasteiger partial charge in [0.15, 0.2) is 0 Å². The molecule has 1 aromatic rings. The summed E-state index contributed by atoms with van der Waals surface area (Å²) in [6, 6.07) is 0. The van der Waals surface area contributed by atoms with Gasteiger partial charge < -0.3 is 11.1 Å². The molecule has 0 aliphatic carbocycles. The number of anilines is 1. The van der Waals surface area contributed by atoms with Gasteiger partial charge in [0.1, 0.15) is 0 Å². The highest BCUT2D eigenvalue weighted by Gasteiger charge is 2.01. The van der Waals surface area contributed by atoms with E-state index in [1.807, 2.05) is 0 Å². The normalized spacial score (nSPS) is 10.3. The molecule has 0 aliphatic rings. The summed E-state index contributed by atoms with van der Waals surface area (Å²) in [5.74, 6) is 0.659. The monoisotopic (exact) mass is 208 g/mol. The fraction of sp³-hybridized carbons (Fsp3) is 0.500. The molecule has 1 rings (SSSR count). The molecule has 0 spiro atoms. The molecule has 1 heterocycles. The zero-order valence-electron chi connectivity index (χ0n) is 9.03. The number of primary amides is 1. The summed E-state index contributed by atoms with van der Waals surface area (Å²) in [5.41, 5.74) is 5.39. The first-order chi connectivity index (χ1) is 7.09. The van der Waals surface area contributed by atoms with Gasteiger partial charge in [-0.05, 0) is 12.3 Å². The van der Waals surface area contributed by atoms with Crippen LogP contribution in [-0.4, -0.2) is 22.4 Å². The second kappa shape index (κ2) is 5.29. The van der Waals surface area contributed by atoms with Crippen LogP contribution >= 0.6 is 0 Å². The van der Waals surface area contributed by atoms with Crippen molar-refractivity contribution in [3.8, 4) is 0 Å². The molecule has 1 aromatic heterocycles. The molecule has 0 unspecified atom stereocenters. The van der Waals surface area contributed by atoms with Gasteiger partial charge in [-0.1, -0.05) is 13.8 Å². The SMILES string of the molecule is CC(C)CCNc1ncc(C(N)=O)cn1. The van der Waals surface area contributed by atoms with Gasteiger partial charge in [0.2, 0.25) is 5.95 Å². The number of hydrogen-bond acceptors (Lipinski definition) is 4. The Balaban J connectivity index is 2.46. The van der Waals surface area contributed by atoms with Crippen molar-refractivity contribution in [1.29, 1.82) is 0 Å². The summed E-state index contributed by atoms with van der Waals surface area (Å²) < 4.78 is 0. The summed E-state index contributed by atoms with van der Waals surface area (Å²) in [6.45, 7) is 5.13. The van der Waals surface area contributed by atoms with Gasteiger partial charge in [-0.2, -0.15) is 0 Å². The molecule has 5 nitrogen and oxygen atoms in total. The summed E-state index contributed by atoms with van der Waals surface area (Å²) in [4.78, 5) is 18.7. The molecule has 0 saturated heterocycles. The second-order valence-corrected chi connectivity index (χ2v) is 3.77. The van der Waals surface area contributed by atoms with E-state index in [0.717, 1.165) is 13.0 Å². The smallest absolute Gasteiger partial charge is 0.251 e. The minimum Gasteiger partial charge on any atom is -0.366 e. The van der Waals surface area contributed by atoms with E-state index in [9.17, 15) is 4.79 Å². The fourth-order valence-electron chi connectivity index (χ4n) is 1.02. The lowest BCUT2D eigenvalue weighted by Crippen LogP contribution is -2.13. The molecule has 5 heteroatoms. The fourth-order valence-corrected chi connectivity index (χ4v) is 1.02. The van der Waals surface area contributed by atoms with Crippen LogP contribution in [-0.2, 0) is 0 Å². The van der Waals surface area contributed by atoms with Crippen molar-refractivity contribution in [3.63, 3.8) is 0 Å². The first-order valence-corrected chi connectivity index (χ1v) is 4.95. The van der Waals surface area contributed by atoms with E-state index in [1.54, 1.807) is 0 Å². The molecule has 0 radical (unpaired) electrons. The number of nitrogens with one attached hydrogen (secondary N) is 1. The minimum atomic E-state index is -0.510. The number of rotatable bonds is 5. The Bertz CT molecular complexity index is 321. The Hall–Kier alpha value is -1.65. The number of nitrogens with zero attached hydrogens (tertiary/aromatic N) is 2. The maximum atomic E-state index is 10.7. The first kappa shape index (κ1) is 11.4. The largest absolute Gasteiger partial charge is 0.366 e. The maximum absolute atomic E-state index is 10.7. The molecule has 0 aliphatic heterocycles. The maximum Gasteiger partial charge on any atom is 0.251 e.